The maximum absolute atomic E-state index is 13.9. The molecule has 3 unspecified atom stereocenters. The Hall–Kier alpha value is -2.12. The van der Waals surface area contributed by atoms with Crippen molar-refractivity contribution in [2.75, 3.05) is 11.4 Å². The number of amides is 2. The van der Waals surface area contributed by atoms with E-state index in [-0.39, 0.29) is 31.5 Å². The van der Waals surface area contributed by atoms with Crippen LogP contribution >= 0.6 is 0 Å². The monoisotopic (exact) mass is 372 g/mol. The predicted molar refractivity (Wildman–Crippen MR) is 86.8 cm³/mol. The van der Waals surface area contributed by atoms with E-state index < -0.39 is 41.7 Å². The first-order chi connectivity index (χ1) is 12.3. The Morgan fingerprint density at radius 3 is 2.54 bits per heavy atom. The number of anilines is 1. The van der Waals surface area contributed by atoms with Gasteiger partial charge in [0, 0.05) is 19.0 Å². The van der Waals surface area contributed by atoms with Crippen molar-refractivity contribution in [3.63, 3.8) is 0 Å². The molecule has 1 aromatic carbocycles. The fourth-order valence-corrected chi connectivity index (χ4v) is 3.78. The van der Waals surface area contributed by atoms with Crippen LogP contribution in [0, 0.1) is 17.7 Å². The molecule has 1 N–H and O–H groups in total. The van der Waals surface area contributed by atoms with Gasteiger partial charge in [-0.3, -0.25) is 9.59 Å². The van der Waals surface area contributed by atoms with E-state index in [9.17, 15) is 27.2 Å². The van der Waals surface area contributed by atoms with Crippen LogP contribution in [-0.4, -0.2) is 30.6 Å². The molecule has 142 valence electrons. The minimum absolute atomic E-state index is 0.000600. The number of rotatable bonds is 3. The number of halogens is 4. The lowest BCUT2D eigenvalue weighted by molar-refractivity contribution is -0.189. The van der Waals surface area contributed by atoms with Gasteiger partial charge >= 0.3 is 6.18 Å². The van der Waals surface area contributed by atoms with Gasteiger partial charge in [0.15, 0.2) is 0 Å². The molecule has 3 rings (SSSR count). The number of hydrogen-bond acceptors (Lipinski definition) is 2. The number of carbonyl (C=O) groups excluding carboxylic acids is 2. The number of nitrogens with one attached hydrogen (secondary N) is 1. The molecular weight excluding hydrogens is 352 g/mol. The van der Waals surface area contributed by atoms with Crippen molar-refractivity contribution >= 4 is 17.5 Å². The van der Waals surface area contributed by atoms with Crippen LogP contribution in [0.3, 0.4) is 0 Å². The molecule has 8 heteroatoms. The summed E-state index contributed by atoms with van der Waals surface area (Å²) < 4.78 is 53.3. The quantitative estimate of drug-likeness (QED) is 0.827. The third-order valence-corrected chi connectivity index (χ3v) is 5.15. The molecule has 0 bridgehead atoms. The molecule has 3 atom stereocenters. The van der Waals surface area contributed by atoms with E-state index >= 15 is 0 Å². The van der Waals surface area contributed by atoms with E-state index in [2.05, 4.69) is 5.32 Å². The lowest BCUT2D eigenvalue weighted by Crippen LogP contribution is -2.49. The Balaban J connectivity index is 1.67. The third-order valence-electron chi connectivity index (χ3n) is 5.15. The molecule has 2 aliphatic rings. The van der Waals surface area contributed by atoms with Crippen LogP contribution in [-0.2, 0) is 9.59 Å². The fraction of sp³-hybridized carbons (Fsp3) is 0.556. The van der Waals surface area contributed by atoms with Crippen LogP contribution in [0.15, 0.2) is 24.3 Å². The zero-order valence-corrected chi connectivity index (χ0v) is 14.1. The highest BCUT2D eigenvalue weighted by Gasteiger charge is 2.47. The van der Waals surface area contributed by atoms with E-state index in [1.54, 1.807) is 6.07 Å². The summed E-state index contributed by atoms with van der Waals surface area (Å²) >= 11 is 0. The topological polar surface area (TPSA) is 49.4 Å². The molecule has 26 heavy (non-hydrogen) atoms. The van der Waals surface area contributed by atoms with Crippen molar-refractivity contribution in [3.8, 4) is 0 Å². The Kier molecular flexibility index (Phi) is 5.20. The first-order valence-electron chi connectivity index (χ1n) is 8.69. The number of para-hydroxylation sites is 1. The largest absolute Gasteiger partial charge is 0.393 e. The minimum atomic E-state index is -4.36. The Labute approximate surface area is 148 Å². The summed E-state index contributed by atoms with van der Waals surface area (Å²) in [7, 11) is 0. The van der Waals surface area contributed by atoms with Gasteiger partial charge in [0.05, 0.1) is 17.5 Å². The van der Waals surface area contributed by atoms with Gasteiger partial charge < -0.3 is 10.2 Å². The second-order valence-electron chi connectivity index (χ2n) is 6.90. The average Bonchev–Trinajstić information content (AvgIpc) is 2.97. The lowest BCUT2D eigenvalue weighted by Gasteiger charge is -2.34. The SMILES string of the molecule is O=C(NC1CCCCC1C(F)(F)F)C1CC(=O)N(c2ccccc2F)C1. The van der Waals surface area contributed by atoms with Crippen molar-refractivity contribution in [2.24, 2.45) is 11.8 Å². The molecule has 1 aromatic rings. The molecule has 1 aliphatic carbocycles. The molecular formula is C18H20F4N2O2. The summed E-state index contributed by atoms with van der Waals surface area (Å²) in [5, 5.41) is 2.49. The first kappa shape index (κ1) is 18.7. The Morgan fingerprint density at radius 1 is 1.15 bits per heavy atom. The maximum Gasteiger partial charge on any atom is 0.393 e. The number of benzene rings is 1. The van der Waals surface area contributed by atoms with Gasteiger partial charge in [-0.2, -0.15) is 13.2 Å². The molecule has 1 aliphatic heterocycles. The Bertz CT molecular complexity index is 692. The number of carbonyl (C=O) groups is 2. The van der Waals surface area contributed by atoms with E-state index in [0.29, 0.717) is 12.8 Å². The van der Waals surface area contributed by atoms with Gasteiger partial charge in [-0.15, -0.1) is 0 Å². The summed E-state index contributed by atoms with van der Waals surface area (Å²) in [5.41, 5.74) is 0.0821. The van der Waals surface area contributed by atoms with Gasteiger partial charge in [0.1, 0.15) is 5.82 Å². The van der Waals surface area contributed by atoms with E-state index in [1.165, 1.54) is 23.1 Å². The molecule has 2 amide bonds. The van der Waals surface area contributed by atoms with Gasteiger partial charge in [-0.05, 0) is 25.0 Å². The fourth-order valence-electron chi connectivity index (χ4n) is 3.78. The lowest BCUT2D eigenvalue weighted by atomic mass is 9.83. The third kappa shape index (κ3) is 3.83. The normalized spacial score (nSPS) is 26.8. The number of alkyl halides is 3. The summed E-state index contributed by atoms with van der Waals surface area (Å²) in [6.45, 7) is -0.0327. The second-order valence-corrected chi connectivity index (χ2v) is 6.90. The highest BCUT2D eigenvalue weighted by molar-refractivity contribution is 6.00. The second kappa shape index (κ2) is 7.25. The molecule has 0 spiro atoms. The molecule has 4 nitrogen and oxygen atoms in total. The van der Waals surface area contributed by atoms with Crippen LogP contribution in [0.25, 0.3) is 0 Å². The van der Waals surface area contributed by atoms with Gasteiger partial charge in [0.25, 0.3) is 0 Å². The van der Waals surface area contributed by atoms with Gasteiger partial charge in [0.2, 0.25) is 11.8 Å². The van der Waals surface area contributed by atoms with Crippen molar-refractivity contribution in [3.05, 3.63) is 30.1 Å². The van der Waals surface area contributed by atoms with Crippen molar-refractivity contribution in [1.82, 2.24) is 5.32 Å². The van der Waals surface area contributed by atoms with Crippen molar-refractivity contribution in [2.45, 2.75) is 44.3 Å². The van der Waals surface area contributed by atoms with Crippen LogP contribution in [0.5, 0.6) is 0 Å². The van der Waals surface area contributed by atoms with Crippen molar-refractivity contribution < 1.29 is 27.2 Å². The zero-order chi connectivity index (χ0) is 18.9. The van der Waals surface area contributed by atoms with Crippen LogP contribution in [0.4, 0.5) is 23.2 Å². The van der Waals surface area contributed by atoms with Crippen LogP contribution in [0.2, 0.25) is 0 Å². The van der Waals surface area contributed by atoms with Crippen LogP contribution < -0.4 is 10.2 Å². The van der Waals surface area contributed by atoms with E-state index in [0.717, 1.165) is 0 Å². The van der Waals surface area contributed by atoms with Gasteiger partial charge in [-0.1, -0.05) is 25.0 Å². The molecule has 0 aromatic heterocycles. The minimum Gasteiger partial charge on any atom is -0.352 e. The van der Waals surface area contributed by atoms with E-state index in [1.807, 2.05) is 0 Å². The molecule has 1 saturated heterocycles. The summed E-state index contributed by atoms with van der Waals surface area (Å²) in [4.78, 5) is 25.8. The zero-order valence-electron chi connectivity index (χ0n) is 14.1. The average molecular weight is 372 g/mol. The smallest absolute Gasteiger partial charge is 0.352 e. The van der Waals surface area contributed by atoms with Crippen molar-refractivity contribution in [1.29, 1.82) is 0 Å². The highest BCUT2D eigenvalue weighted by atomic mass is 19.4. The number of hydrogen-bond donors (Lipinski definition) is 1. The summed E-state index contributed by atoms with van der Waals surface area (Å²) in [5.74, 6) is -3.89. The summed E-state index contributed by atoms with van der Waals surface area (Å²) in [6.07, 6.45) is -3.11. The molecule has 1 heterocycles. The highest BCUT2D eigenvalue weighted by Crippen LogP contribution is 2.38. The maximum atomic E-state index is 13.9. The predicted octanol–water partition coefficient (Wildman–Crippen LogP) is 3.42. The van der Waals surface area contributed by atoms with Crippen LogP contribution in [0.1, 0.15) is 32.1 Å². The molecule has 2 fully saturated rings. The Morgan fingerprint density at radius 2 is 1.85 bits per heavy atom. The standard InChI is InChI=1S/C18H20F4N2O2/c19-13-6-2-4-8-15(13)24-10-11(9-16(24)25)17(26)23-14-7-3-1-5-12(14)18(20,21)22/h2,4,6,8,11-12,14H,1,3,5,7,9-10H2,(H,23,26). The van der Waals surface area contributed by atoms with E-state index in [4.69, 9.17) is 0 Å². The molecule has 1 saturated carbocycles. The molecule has 0 radical (unpaired) electrons. The summed E-state index contributed by atoms with van der Waals surface area (Å²) in [6, 6.07) is 4.76. The number of nitrogens with zero attached hydrogens (tertiary/aromatic N) is 1. The first-order valence-corrected chi connectivity index (χ1v) is 8.69. The van der Waals surface area contributed by atoms with Gasteiger partial charge in [-0.25, -0.2) is 4.39 Å².